The number of aliphatic hydroxyl groups is 1. The van der Waals surface area contributed by atoms with Crippen LogP contribution in [0.3, 0.4) is 0 Å². The van der Waals surface area contributed by atoms with Crippen LogP contribution in [0.25, 0.3) is 11.0 Å². The predicted molar refractivity (Wildman–Crippen MR) is 98.7 cm³/mol. The molecule has 1 aliphatic rings. The summed E-state index contributed by atoms with van der Waals surface area (Å²) in [5.41, 5.74) is 3.27. The van der Waals surface area contributed by atoms with Crippen LogP contribution in [0.5, 0.6) is 0 Å². The molecule has 0 aliphatic heterocycles. The first kappa shape index (κ1) is 17.3. The fraction of sp³-hybridized carbons (Fsp3) is 0.316. The molecule has 0 radical (unpaired) electrons. The van der Waals surface area contributed by atoms with E-state index < -0.39 is 12.1 Å². The van der Waals surface area contributed by atoms with Crippen LogP contribution in [0.2, 0.25) is 0 Å². The third-order valence-electron chi connectivity index (χ3n) is 5.03. The number of hydrogen-bond donors (Lipinski definition) is 5. The number of H-pyrrole nitrogens is 2. The van der Waals surface area contributed by atoms with E-state index in [0.717, 1.165) is 16.6 Å². The largest absolute Gasteiger partial charge is 0.391 e. The molecule has 1 aliphatic carbocycles. The Morgan fingerprint density at radius 1 is 1.26 bits per heavy atom. The van der Waals surface area contributed by atoms with Crippen molar-refractivity contribution in [2.45, 2.75) is 31.5 Å². The van der Waals surface area contributed by atoms with E-state index in [9.17, 15) is 14.7 Å². The molecular formula is C19H21N5O3. The molecule has 4 rings (SSSR count). The summed E-state index contributed by atoms with van der Waals surface area (Å²) in [7, 11) is 0. The number of rotatable bonds is 5. The van der Waals surface area contributed by atoms with Crippen molar-refractivity contribution in [2.75, 3.05) is 0 Å². The number of carbonyl (C=O) groups excluding carboxylic acids is 2. The Morgan fingerprint density at radius 3 is 2.96 bits per heavy atom. The van der Waals surface area contributed by atoms with Gasteiger partial charge in [-0.2, -0.15) is 0 Å². The maximum absolute atomic E-state index is 12.5. The summed E-state index contributed by atoms with van der Waals surface area (Å²) in [5, 5.41) is 15.9. The summed E-state index contributed by atoms with van der Waals surface area (Å²) in [6, 6.07) is 7.01. The van der Waals surface area contributed by atoms with Gasteiger partial charge in [0.05, 0.1) is 35.1 Å². The molecule has 2 heterocycles. The number of hydrogen-bond acceptors (Lipinski definition) is 4. The molecular weight excluding hydrogens is 346 g/mol. The normalized spacial score (nSPS) is 22.0. The summed E-state index contributed by atoms with van der Waals surface area (Å²) in [4.78, 5) is 34.6. The van der Waals surface area contributed by atoms with Gasteiger partial charge in [0.25, 0.3) is 5.91 Å². The standard InChI is InChI=1S/C19H21N5O3/c25-17-7-13(6-16(17)24-19(27)12-3-4-20-9-12)18(26)21-8-11-1-2-14-15(5-11)23-10-22-14/h1-5,9-10,13,16-17,20,25H,6-8H2,(H,21,26)(H,22,23)(H,24,27)/t13-,16+,17+/m0/s1. The van der Waals surface area contributed by atoms with E-state index in [1.54, 1.807) is 24.8 Å². The highest BCUT2D eigenvalue weighted by atomic mass is 16.3. The number of nitrogens with zero attached hydrogens (tertiary/aromatic N) is 1. The van der Waals surface area contributed by atoms with Crippen molar-refractivity contribution in [3.8, 4) is 0 Å². The van der Waals surface area contributed by atoms with Crippen molar-refractivity contribution in [1.82, 2.24) is 25.6 Å². The number of amides is 2. The minimum atomic E-state index is -0.731. The highest BCUT2D eigenvalue weighted by molar-refractivity contribution is 5.94. The predicted octanol–water partition coefficient (Wildman–Crippen LogP) is 1.08. The van der Waals surface area contributed by atoms with Crippen LogP contribution in [0.15, 0.2) is 43.0 Å². The molecule has 8 nitrogen and oxygen atoms in total. The van der Waals surface area contributed by atoms with E-state index >= 15 is 0 Å². The number of fused-ring (bicyclic) bond motifs is 1. The SMILES string of the molecule is O=C(N[C@@H]1C[C@H](C(=O)NCc2ccc3nc[nH]c3c2)C[C@H]1O)c1cc[nH]c1. The topological polar surface area (TPSA) is 123 Å². The van der Waals surface area contributed by atoms with Gasteiger partial charge in [0.2, 0.25) is 5.91 Å². The van der Waals surface area contributed by atoms with Crippen LogP contribution in [0.1, 0.15) is 28.8 Å². The molecule has 0 unspecified atom stereocenters. The second-order valence-corrected chi connectivity index (χ2v) is 6.89. The lowest BCUT2D eigenvalue weighted by Gasteiger charge is -2.15. The zero-order chi connectivity index (χ0) is 18.8. The zero-order valence-corrected chi connectivity index (χ0v) is 14.6. The van der Waals surface area contributed by atoms with Gasteiger partial charge in [0.1, 0.15) is 0 Å². The van der Waals surface area contributed by atoms with Gasteiger partial charge in [-0.15, -0.1) is 0 Å². The minimum Gasteiger partial charge on any atom is -0.391 e. The van der Waals surface area contributed by atoms with Crippen molar-refractivity contribution < 1.29 is 14.7 Å². The van der Waals surface area contributed by atoms with Crippen LogP contribution in [0.4, 0.5) is 0 Å². The Morgan fingerprint density at radius 2 is 2.15 bits per heavy atom. The molecule has 5 N–H and O–H groups in total. The van der Waals surface area contributed by atoms with Gasteiger partial charge >= 0.3 is 0 Å². The number of nitrogens with one attached hydrogen (secondary N) is 4. The summed E-state index contributed by atoms with van der Waals surface area (Å²) in [6.45, 7) is 0.404. The number of aromatic nitrogens is 3. The molecule has 1 fully saturated rings. The minimum absolute atomic E-state index is 0.114. The Kier molecular flexibility index (Phi) is 4.64. The molecule has 1 aromatic carbocycles. The van der Waals surface area contributed by atoms with Crippen LogP contribution in [-0.4, -0.2) is 44.0 Å². The Hall–Kier alpha value is -3.13. The molecule has 2 amide bonds. The molecule has 8 heteroatoms. The Labute approximate surface area is 155 Å². The van der Waals surface area contributed by atoms with Gasteiger partial charge in [0, 0.05) is 24.9 Å². The molecule has 27 heavy (non-hydrogen) atoms. The van der Waals surface area contributed by atoms with Crippen LogP contribution in [-0.2, 0) is 11.3 Å². The maximum atomic E-state index is 12.5. The number of imidazole rings is 1. The highest BCUT2D eigenvalue weighted by Crippen LogP contribution is 2.27. The second kappa shape index (κ2) is 7.24. The van der Waals surface area contributed by atoms with Gasteiger partial charge in [0.15, 0.2) is 0 Å². The summed E-state index contributed by atoms with van der Waals surface area (Å²) in [6.07, 6.45) is 4.92. The number of benzene rings is 1. The maximum Gasteiger partial charge on any atom is 0.253 e. The monoisotopic (exact) mass is 367 g/mol. The highest BCUT2D eigenvalue weighted by Gasteiger charge is 2.37. The molecule has 0 saturated heterocycles. The van der Waals surface area contributed by atoms with Gasteiger partial charge in [-0.25, -0.2) is 4.98 Å². The number of aliphatic hydroxyl groups excluding tert-OH is 1. The first-order valence-corrected chi connectivity index (χ1v) is 8.91. The van der Waals surface area contributed by atoms with E-state index in [-0.39, 0.29) is 17.7 Å². The van der Waals surface area contributed by atoms with E-state index in [1.807, 2.05) is 18.2 Å². The fourth-order valence-electron chi connectivity index (χ4n) is 3.53. The van der Waals surface area contributed by atoms with Gasteiger partial charge in [-0.05, 0) is 36.6 Å². The first-order valence-electron chi connectivity index (χ1n) is 8.91. The zero-order valence-electron chi connectivity index (χ0n) is 14.6. The van der Waals surface area contributed by atoms with E-state index in [1.165, 1.54) is 0 Å². The average Bonchev–Trinajstić information content (AvgIpc) is 3.40. The van der Waals surface area contributed by atoms with Crippen LogP contribution in [0, 0.1) is 5.92 Å². The van der Waals surface area contributed by atoms with Crippen LogP contribution < -0.4 is 10.6 Å². The number of aromatic amines is 2. The molecule has 0 spiro atoms. The van der Waals surface area contributed by atoms with Crippen molar-refractivity contribution in [3.05, 3.63) is 54.1 Å². The summed E-state index contributed by atoms with van der Waals surface area (Å²) >= 11 is 0. The van der Waals surface area contributed by atoms with Crippen molar-refractivity contribution >= 4 is 22.8 Å². The second-order valence-electron chi connectivity index (χ2n) is 6.89. The lowest BCUT2D eigenvalue weighted by molar-refractivity contribution is -0.125. The molecule has 1 saturated carbocycles. The average molecular weight is 367 g/mol. The van der Waals surface area contributed by atoms with Gasteiger partial charge < -0.3 is 25.7 Å². The van der Waals surface area contributed by atoms with Crippen molar-refractivity contribution in [3.63, 3.8) is 0 Å². The third-order valence-corrected chi connectivity index (χ3v) is 5.03. The molecule has 140 valence electrons. The number of carbonyl (C=O) groups is 2. The van der Waals surface area contributed by atoms with Crippen molar-refractivity contribution in [1.29, 1.82) is 0 Å². The summed E-state index contributed by atoms with van der Waals surface area (Å²) in [5.74, 6) is -0.696. The lowest BCUT2D eigenvalue weighted by Crippen LogP contribution is -2.40. The van der Waals surface area contributed by atoms with E-state index in [0.29, 0.717) is 24.9 Å². The van der Waals surface area contributed by atoms with E-state index in [4.69, 9.17) is 0 Å². The van der Waals surface area contributed by atoms with Crippen LogP contribution >= 0.6 is 0 Å². The molecule has 3 aromatic rings. The fourth-order valence-corrected chi connectivity index (χ4v) is 3.53. The van der Waals surface area contributed by atoms with Gasteiger partial charge in [-0.1, -0.05) is 6.07 Å². The Balaban J connectivity index is 1.32. The van der Waals surface area contributed by atoms with Crippen molar-refractivity contribution in [2.24, 2.45) is 5.92 Å². The summed E-state index contributed by atoms with van der Waals surface area (Å²) < 4.78 is 0. The molecule has 0 bridgehead atoms. The lowest BCUT2D eigenvalue weighted by atomic mass is 10.1. The quantitative estimate of drug-likeness (QED) is 0.463. The van der Waals surface area contributed by atoms with Gasteiger partial charge in [-0.3, -0.25) is 9.59 Å². The third kappa shape index (κ3) is 3.70. The molecule has 2 aromatic heterocycles. The Bertz CT molecular complexity index is 949. The smallest absolute Gasteiger partial charge is 0.253 e. The first-order chi connectivity index (χ1) is 13.1. The van der Waals surface area contributed by atoms with E-state index in [2.05, 4.69) is 25.6 Å². The molecule has 3 atom stereocenters.